The second-order valence-corrected chi connectivity index (χ2v) is 2.87. The van der Waals surface area contributed by atoms with Crippen LogP contribution < -0.4 is 16.8 Å². The van der Waals surface area contributed by atoms with Crippen molar-refractivity contribution in [2.75, 3.05) is 30.8 Å². The van der Waals surface area contributed by atoms with Crippen molar-refractivity contribution in [3.63, 3.8) is 0 Å². The van der Waals surface area contributed by atoms with Gasteiger partial charge >= 0.3 is 0 Å². The Kier molecular flexibility index (Phi) is 4.40. The van der Waals surface area contributed by atoms with Crippen molar-refractivity contribution in [3.05, 3.63) is 12.0 Å². The molecular weight excluding hydrogens is 217 g/mol. The van der Waals surface area contributed by atoms with E-state index < -0.39 is 11.7 Å². The molecule has 8 heteroatoms. The summed E-state index contributed by atoms with van der Waals surface area (Å²) in [6.45, 7) is 0.309. The molecule has 88 valence electrons. The van der Waals surface area contributed by atoms with Gasteiger partial charge in [-0.05, 0) is 0 Å². The van der Waals surface area contributed by atoms with Crippen LogP contribution in [-0.4, -0.2) is 35.6 Å². The summed E-state index contributed by atoms with van der Waals surface area (Å²) >= 11 is 0. The molecule has 5 N–H and O–H groups in total. The van der Waals surface area contributed by atoms with E-state index >= 15 is 0 Å². The SMILES string of the molecule is NC(=O)COCCNc1nc(N)ncc1F. The first kappa shape index (κ1) is 12.1. The third-order valence-electron chi connectivity index (χ3n) is 1.55. The van der Waals surface area contributed by atoms with E-state index in [-0.39, 0.29) is 31.5 Å². The van der Waals surface area contributed by atoms with Crippen LogP contribution >= 0.6 is 0 Å². The molecule has 0 saturated heterocycles. The van der Waals surface area contributed by atoms with Gasteiger partial charge in [-0.1, -0.05) is 0 Å². The van der Waals surface area contributed by atoms with Gasteiger partial charge in [0.15, 0.2) is 11.6 Å². The first-order valence-electron chi connectivity index (χ1n) is 4.47. The van der Waals surface area contributed by atoms with Gasteiger partial charge in [0.05, 0.1) is 12.8 Å². The van der Waals surface area contributed by atoms with Gasteiger partial charge < -0.3 is 21.5 Å². The van der Waals surface area contributed by atoms with E-state index in [1.54, 1.807) is 0 Å². The van der Waals surface area contributed by atoms with Gasteiger partial charge in [0.2, 0.25) is 11.9 Å². The van der Waals surface area contributed by atoms with Crippen LogP contribution in [0, 0.1) is 5.82 Å². The lowest BCUT2D eigenvalue weighted by atomic mass is 10.5. The number of nitrogens with two attached hydrogens (primary N) is 2. The Morgan fingerprint density at radius 1 is 1.62 bits per heavy atom. The lowest BCUT2D eigenvalue weighted by Gasteiger charge is -2.06. The van der Waals surface area contributed by atoms with Crippen molar-refractivity contribution >= 4 is 17.7 Å². The van der Waals surface area contributed by atoms with E-state index in [1.807, 2.05) is 0 Å². The van der Waals surface area contributed by atoms with Gasteiger partial charge in [-0.15, -0.1) is 0 Å². The minimum absolute atomic E-state index is 0.00447. The number of aromatic nitrogens is 2. The number of primary amides is 1. The van der Waals surface area contributed by atoms with Crippen molar-refractivity contribution in [2.24, 2.45) is 5.73 Å². The Bertz CT molecular complexity index is 373. The molecule has 0 bridgehead atoms. The number of nitrogens with zero attached hydrogens (tertiary/aromatic N) is 2. The van der Waals surface area contributed by atoms with Gasteiger partial charge in [0.1, 0.15) is 6.61 Å². The monoisotopic (exact) mass is 229 g/mol. The highest BCUT2D eigenvalue weighted by molar-refractivity contribution is 5.74. The Hall–Kier alpha value is -1.96. The van der Waals surface area contributed by atoms with Crippen molar-refractivity contribution in [1.82, 2.24) is 9.97 Å². The molecule has 0 atom stereocenters. The van der Waals surface area contributed by atoms with Crippen molar-refractivity contribution in [3.8, 4) is 0 Å². The Labute approximate surface area is 91.0 Å². The van der Waals surface area contributed by atoms with E-state index in [0.717, 1.165) is 6.20 Å². The third kappa shape index (κ3) is 4.05. The van der Waals surface area contributed by atoms with Crippen LogP contribution in [0.1, 0.15) is 0 Å². The van der Waals surface area contributed by atoms with Gasteiger partial charge in [-0.3, -0.25) is 4.79 Å². The molecule has 0 aliphatic heterocycles. The average molecular weight is 229 g/mol. The molecule has 0 aromatic carbocycles. The standard InChI is InChI=1S/C8H12FN5O2/c9-5-3-13-8(11)14-7(5)12-1-2-16-4-6(10)15/h3H,1-2,4H2,(H2,10,15)(H3,11,12,13,14). The maximum absolute atomic E-state index is 13.0. The highest BCUT2D eigenvalue weighted by Gasteiger charge is 2.04. The zero-order chi connectivity index (χ0) is 12.0. The second-order valence-electron chi connectivity index (χ2n) is 2.87. The molecule has 0 aliphatic rings. The molecule has 16 heavy (non-hydrogen) atoms. The molecule has 0 aliphatic carbocycles. The number of anilines is 2. The summed E-state index contributed by atoms with van der Waals surface area (Å²) in [6, 6.07) is 0. The Balaban J connectivity index is 2.31. The van der Waals surface area contributed by atoms with Gasteiger partial charge in [-0.25, -0.2) is 9.37 Å². The number of halogens is 1. The maximum atomic E-state index is 13.0. The van der Waals surface area contributed by atoms with Crippen molar-refractivity contribution in [1.29, 1.82) is 0 Å². The number of nitrogens with one attached hydrogen (secondary N) is 1. The number of nitrogen functional groups attached to an aromatic ring is 1. The second kappa shape index (κ2) is 5.81. The largest absolute Gasteiger partial charge is 0.370 e. The van der Waals surface area contributed by atoms with Crippen molar-refractivity contribution < 1.29 is 13.9 Å². The Morgan fingerprint density at radius 2 is 2.38 bits per heavy atom. The molecule has 1 aromatic rings. The zero-order valence-corrected chi connectivity index (χ0v) is 8.44. The lowest BCUT2D eigenvalue weighted by Crippen LogP contribution is -2.21. The fourth-order valence-electron chi connectivity index (χ4n) is 0.919. The highest BCUT2D eigenvalue weighted by atomic mass is 19.1. The number of hydrogen-bond donors (Lipinski definition) is 3. The molecular formula is C8H12FN5O2. The predicted octanol–water partition coefficient (Wildman–Crippen LogP) is -0.888. The molecule has 1 rings (SSSR count). The van der Waals surface area contributed by atoms with Crippen LogP contribution in [-0.2, 0) is 9.53 Å². The predicted molar refractivity (Wildman–Crippen MR) is 54.9 cm³/mol. The number of carbonyl (C=O) groups excluding carboxylic acids is 1. The van der Waals surface area contributed by atoms with Crippen molar-refractivity contribution in [2.45, 2.75) is 0 Å². The fourth-order valence-corrected chi connectivity index (χ4v) is 0.919. The maximum Gasteiger partial charge on any atom is 0.243 e. The molecule has 0 fully saturated rings. The summed E-state index contributed by atoms with van der Waals surface area (Å²) < 4.78 is 17.9. The lowest BCUT2D eigenvalue weighted by molar-refractivity contribution is -0.122. The van der Waals surface area contributed by atoms with Gasteiger partial charge in [-0.2, -0.15) is 4.98 Å². The van der Waals surface area contributed by atoms with E-state index in [4.69, 9.17) is 16.2 Å². The molecule has 1 amide bonds. The average Bonchev–Trinajstić information content (AvgIpc) is 2.22. The summed E-state index contributed by atoms with van der Waals surface area (Å²) in [4.78, 5) is 17.4. The summed E-state index contributed by atoms with van der Waals surface area (Å²) in [5.41, 5.74) is 10.1. The molecule has 0 spiro atoms. The summed E-state index contributed by atoms with van der Waals surface area (Å²) in [7, 11) is 0. The topological polar surface area (TPSA) is 116 Å². The number of carbonyl (C=O) groups is 1. The first-order valence-corrected chi connectivity index (χ1v) is 4.47. The van der Waals surface area contributed by atoms with E-state index in [9.17, 15) is 9.18 Å². The summed E-state index contributed by atoms with van der Waals surface area (Å²) in [5.74, 6) is -1.20. The van der Waals surface area contributed by atoms with Crippen LogP contribution in [0.5, 0.6) is 0 Å². The van der Waals surface area contributed by atoms with E-state index in [1.165, 1.54) is 0 Å². The summed E-state index contributed by atoms with van der Waals surface area (Å²) in [6.07, 6.45) is 0.967. The molecule has 1 heterocycles. The molecule has 0 unspecified atom stereocenters. The van der Waals surface area contributed by atoms with Crippen LogP contribution in [0.15, 0.2) is 6.20 Å². The highest BCUT2D eigenvalue weighted by Crippen LogP contribution is 2.09. The van der Waals surface area contributed by atoms with Crippen LogP contribution in [0.25, 0.3) is 0 Å². The molecule has 0 radical (unpaired) electrons. The fraction of sp³-hybridized carbons (Fsp3) is 0.375. The van der Waals surface area contributed by atoms with Gasteiger partial charge in [0.25, 0.3) is 0 Å². The van der Waals surface area contributed by atoms with E-state index in [0.29, 0.717) is 0 Å². The molecule has 0 saturated carbocycles. The quantitative estimate of drug-likeness (QED) is 0.545. The zero-order valence-electron chi connectivity index (χ0n) is 8.44. The first-order chi connectivity index (χ1) is 7.59. The number of rotatable bonds is 6. The minimum atomic E-state index is -0.607. The van der Waals surface area contributed by atoms with Crippen LogP contribution in [0.3, 0.4) is 0 Å². The molecule has 7 nitrogen and oxygen atoms in total. The number of hydrogen-bond acceptors (Lipinski definition) is 6. The third-order valence-corrected chi connectivity index (χ3v) is 1.55. The van der Waals surface area contributed by atoms with Crippen LogP contribution in [0.2, 0.25) is 0 Å². The van der Waals surface area contributed by atoms with E-state index in [2.05, 4.69) is 15.3 Å². The number of ether oxygens (including phenoxy) is 1. The summed E-state index contributed by atoms with van der Waals surface area (Å²) in [5, 5.41) is 2.64. The minimum Gasteiger partial charge on any atom is -0.370 e. The smallest absolute Gasteiger partial charge is 0.243 e. The number of amides is 1. The van der Waals surface area contributed by atoms with Crippen LogP contribution in [0.4, 0.5) is 16.2 Å². The Morgan fingerprint density at radius 3 is 3.06 bits per heavy atom. The normalized spacial score (nSPS) is 10.1. The van der Waals surface area contributed by atoms with Gasteiger partial charge in [0, 0.05) is 6.54 Å². The molecule has 1 aromatic heterocycles.